The standard InChI is InChI=1S/C15H14Br2N2O/c1-9(10-3-2-4-12(16)5-10)19-15(20)11-6-13(17)8-14(18)7-11/h2-9H,18H2,1H3,(H,19,20). The number of amides is 1. The topological polar surface area (TPSA) is 55.1 Å². The summed E-state index contributed by atoms with van der Waals surface area (Å²) in [5.74, 6) is -0.148. The Morgan fingerprint density at radius 1 is 1.15 bits per heavy atom. The average Bonchev–Trinajstić information content (AvgIpc) is 2.37. The molecule has 0 bridgehead atoms. The van der Waals surface area contributed by atoms with Crippen molar-refractivity contribution in [3.8, 4) is 0 Å². The Balaban J connectivity index is 2.15. The summed E-state index contributed by atoms with van der Waals surface area (Å²) >= 11 is 6.76. The van der Waals surface area contributed by atoms with Gasteiger partial charge in [0.05, 0.1) is 6.04 Å². The molecule has 0 saturated carbocycles. The van der Waals surface area contributed by atoms with Crippen molar-refractivity contribution < 1.29 is 4.79 Å². The van der Waals surface area contributed by atoms with Gasteiger partial charge in [-0.1, -0.05) is 44.0 Å². The minimum Gasteiger partial charge on any atom is -0.399 e. The molecule has 0 radical (unpaired) electrons. The normalized spacial score (nSPS) is 11.9. The SMILES string of the molecule is CC(NC(=O)c1cc(N)cc(Br)c1)c1cccc(Br)c1. The first-order chi connectivity index (χ1) is 9.45. The van der Waals surface area contributed by atoms with Crippen molar-refractivity contribution in [2.24, 2.45) is 0 Å². The van der Waals surface area contributed by atoms with Crippen molar-refractivity contribution in [2.75, 3.05) is 5.73 Å². The van der Waals surface area contributed by atoms with Crippen LogP contribution in [0, 0.1) is 0 Å². The number of carbonyl (C=O) groups is 1. The Morgan fingerprint density at radius 3 is 2.55 bits per heavy atom. The number of nitrogens with two attached hydrogens (primary N) is 1. The van der Waals surface area contributed by atoms with Gasteiger partial charge >= 0.3 is 0 Å². The van der Waals surface area contributed by atoms with Crippen LogP contribution in [0.1, 0.15) is 28.9 Å². The van der Waals surface area contributed by atoms with Gasteiger partial charge in [-0.15, -0.1) is 0 Å². The van der Waals surface area contributed by atoms with E-state index in [4.69, 9.17) is 5.73 Å². The summed E-state index contributed by atoms with van der Waals surface area (Å²) in [6.45, 7) is 1.95. The van der Waals surface area contributed by atoms with Gasteiger partial charge < -0.3 is 11.1 Å². The molecule has 0 aliphatic rings. The summed E-state index contributed by atoms with van der Waals surface area (Å²) < 4.78 is 1.78. The van der Waals surface area contributed by atoms with E-state index in [1.807, 2.05) is 31.2 Å². The van der Waals surface area contributed by atoms with Crippen molar-refractivity contribution in [3.63, 3.8) is 0 Å². The first-order valence-electron chi connectivity index (χ1n) is 6.08. The molecule has 0 fully saturated rings. The van der Waals surface area contributed by atoms with E-state index in [1.54, 1.807) is 18.2 Å². The number of carbonyl (C=O) groups excluding carboxylic acids is 1. The van der Waals surface area contributed by atoms with Crippen molar-refractivity contribution in [1.29, 1.82) is 0 Å². The first-order valence-corrected chi connectivity index (χ1v) is 7.66. The molecule has 0 aliphatic heterocycles. The number of anilines is 1. The number of hydrogen-bond acceptors (Lipinski definition) is 2. The molecule has 1 unspecified atom stereocenters. The molecule has 0 aliphatic carbocycles. The number of rotatable bonds is 3. The molecule has 2 aromatic rings. The maximum atomic E-state index is 12.2. The van der Waals surface area contributed by atoms with Crippen molar-refractivity contribution in [3.05, 3.63) is 62.5 Å². The third kappa shape index (κ3) is 3.84. The highest BCUT2D eigenvalue weighted by Gasteiger charge is 2.12. The van der Waals surface area contributed by atoms with Crippen LogP contribution in [-0.2, 0) is 0 Å². The van der Waals surface area contributed by atoms with Crippen molar-refractivity contribution in [1.82, 2.24) is 5.32 Å². The van der Waals surface area contributed by atoms with Gasteiger partial charge in [0.1, 0.15) is 0 Å². The van der Waals surface area contributed by atoms with Gasteiger partial charge in [-0.2, -0.15) is 0 Å². The van der Waals surface area contributed by atoms with E-state index < -0.39 is 0 Å². The lowest BCUT2D eigenvalue weighted by atomic mass is 10.1. The highest BCUT2D eigenvalue weighted by molar-refractivity contribution is 9.10. The van der Waals surface area contributed by atoms with Gasteiger partial charge in [-0.05, 0) is 42.8 Å². The summed E-state index contributed by atoms with van der Waals surface area (Å²) in [5.41, 5.74) is 7.88. The lowest BCUT2D eigenvalue weighted by Gasteiger charge is -2.15. The average molecular weight is 398 g/mol. The summed E-state index contributed by atoms with van der Waals surface area (Å²) in [6.07, 6.45) is 0. The lowest BCUT2D eigenvalue weighted by molar-refractivity contribution is 0.0940. The smallest absolute Gasteiger partial charge is 0.251 e. The van der Waals surface area contributed by atoms with Crippen LogP contribution in [-0.4, -0.2) is 5.91 Å². The Morgan fingerprint density at radius 2 is 1.90 bits per heavy atom. The molecule has 1 amide bonds. The maximum Gasteiger partial charge on any atom is 0.251 e. The van der Waals surface area contributed by atoms with Gasteiger partial charge in [-0.25, -0.2) is 0 Å². The fraction of sp³-hybridized carbons (Fsp3) is 0.133. The molecule has 0 spiro atoms. The Kier molecular flexibility index (Phi) is 4.83. The molecule has 20 heavy (non-hydrogen) atoms. The second-order valence-corrected chi connectivity index (χ2v) is 6.35. The highest BCUT2D eigenvalue weighted by atomic mass is 79.9. The fourth-order valence-corrected chi connectivity index (χ4v) is 2.81. The second-order valence-electron chi connectivity index (χ2n) is 4.52. The van der Waals surface area contributed by atoms with Crippen LogP contribution in [0.15, 0.2) is 51.4 Å². The first kappa shape index (κ1) is 15.1. The van der Waals surface area contributed by atoms with Crippen LogP contribution in [0.3, 0.4) is 0 Å². The molecular weight excluding hydrogens is 384 g/mol. The summed E-state index contributed by atoms with van der Waals surface area (Å²) in [5, 5.41) is 2.96. The zero-order valence-corrected chi connectivity index (χ0v) is 14.0. The Hall–Kier alpha value is -1.33. The van der Waals surface area contributed by atoms with E-state index in [1.165, 1.54) is 0 Å². The van der Waals surface area contributed by atoms with Crippen LogP contribution in [0.25, 0.3) is 0 Å². The van der Waals surface area contributed by atoms with Gasteiger partial charge in [0.25, 0.3) is 5.91 Å². The fourth-order valence-electron chi connectivity index (χ4n) is 1.88. The third-order valence-corrected chi connectivity index (χ3v) is 3.83. The molecule has 2 aromatic carbocycles. The molecule has 104 valence electrons. The molecule has 0 aromatic heterocycles. The second kappa shape index (κ2) is 6.41. The van der Waals surface area contributed by atoms with Crippen LogP contribution < -0.4 is 11.1 Å². The van der Waals surface area contributed by atoms with E-state index >= 15 is 0 Å². The molecule has 3 N–H and O–H groups in total. The zero-order chi connectivity index (χ0) is 14.7. The van der Waals surface area contributed by atoms with E-state index in [0.29, 0.717) is 11.3 Å². The van der Waals surface area contributed by atoms with E-state index in [-0.39, 0.29) is 11.9 Å². The molecule has 0 saturated heterocycles. The molecule has 0 heterocycles. The molecule has 2 rings (SSSR count). The van der Waals surface area contributed by atoms with Crippen molar-refractivity contribution >= 4 is 43.5 Å². The van der Waals surface area contributed by atoms with Crippen molar-refractivity contribution in [2.45, 2.75) is 13.0 Å². The monoisotopic (exact) mass is 396 g/mol. The van der Waals surface area contributed by atoms with Crippen LogP contribution in [0.2, 0.25) is 0 Å². The number of nitrogens with one attached hydrogen (secondary N) is 1. The third-order valence-electron chi connectivity index (χ3n) is 2.88. The molecular formula is C15H14Br2N2O. The minimum atomic E-state index is -0.148. The summed E-state index contributed by atoms with van der Waals surface area (Å²) in [6, 6.07) is 12.9. The predicted molar refractivity (Wildman–Crippen MR) is 88.6 cm³/mol. The van der Waals surface area contributed by atoms with Crippen LogP contribution in [0.5, 0.6) is 0 Å². The minimum absolute atomic E-state index is 0.0831. The maximum absolute atomic E-state index is 12.2. The molecule has 1 atom stereocenters. The predicted octanol–water partition coefficient (Wildman–Crippen LogP) is 4.28. The van der Waals surface area contributed by atoms with Gasteiger partial charge in [-0.3, -0.25) is 4.79 Å². The summed E-state index contributed by atoms with van der Waals surface area (Å²) in [7, 11) is 0. The van der Waals surface area contributed by atoms with Gasteiger partial charge in [0.2, 0.25) is 0 Å². The number of hydrogen-bond donors (Lipinski definition) is 2. The van der Waals surface area contributed by atoms with E-state index in [0.717, 1.165) is 14.5 Å². The van der Waals surface area contributed by atoms with E-state index in [9.17, 15) is 4.79 Å². The zero-order valence-electron chi connectivity index (χ0n) is 10.9. The lowest BCUT2D eigenvalue weighted by Crippen LogP contribution is -2.26. The van der Waals surface area contributed by atoms with E-state index in [2.05, 4.69) is 37.2 Å². The van der Waals surface area contributed by atoms with Crippen LogP contribution >= 0.6 is 31.9 Å². The molecule has 5 heteroatoms. The largest absolute Gasteiger partial charge is 0.399 e. The number of halogens is 2. The Bertz CT molecular complexity index is 623. The number of benzene rings is 2. The van der Waals surface area contributed by atoms with Gasteiger partial charge in [0, 0.05) is 20.2 Å². The quantitative estimate of drug-likeness (QED) is 0.759. The number of nitrogen functional groups attached to an aromatic ring is 1. The highest BCUT2D eigenvalue weighted by Crippen LogP contribution is 2.20. The summed E-state index contributed by atoms with van der Waals surface area (Å²) in [4.78, 5) is 12.2. The van der Waals surface area contributed by atoms with Crippen LogP contribution in [0.4, 0.5) is 5.69 Å². The molecule has 3 nitrogen and oxygen atoms in total. The Labute approximate surface area is 134 Å². The van der Waals surface area contributed by atoms with Gasteiger partial charge in [0.15, 0.2) is 0 Å².